The van der Waals surface area contributed by atoms with Gasteiger partial charge in [0, 0.05) is 19.0 Å². The third kappa shape index (κ3) is 5.04. The van der Waals surface area contributed by atoms with Crippen molar-refractivity contribution in [1.82, 2.24) is 0 Å². The number of fused-ring (bicyclic) bond motifs is 1. The molecule has 0 aromatic heterocycles. The van der Waals surface area contributed by atoms with Crippen molar-refractivity contribution in [1.29, 1.82) is 0 Å². The van der Waals surface area contributed by atoms with Crippen molar-refractivity contribution in [2.45, 2.75) is 26.7 Å². The molecule has 0 amide bonds. The van der Waals surface area contributed by atoms with Gasteiger partial charge in [0.2, 0.25) is 0 Å². The van der Waals surface area contributed by atoms with Gasteiger partial charge < -0.3 is 4.90 Å². The predicted molar refractivity (Wildman–Crippen MR) is 165 cm³/mol. The van der Waals surface area contributed by atoms with Crippen LogP contribution in [0, 0.1) is 17.7 Å². The van der Waals surface area contributed by atoms with Crippen molar-refractivity contribution >= 4 is 22.0 Å². The summed E-state index contributed by atoms with van der Waals surface area (Å²) < 4.78 is 31.4. The molecule has 0 saturated carbocycles. The molecule has 2 aliphatic rings. The van der Waals surface area contributed by atoms with Gasteiger partial charge in [-0.15, -0.1) is 0 Å². The van der Waals surface area contributed by atoms with Crippen molar-refractivity contribution in [2.75, 3.05) is 11.9 Å². The summed E-state index contributed by atoms with van der Waals surface area (Å²) in [5.41, 5.74) is 6.24. The third-order valence-corrected chi connectivity index (χ3v) is 8.02. The van der Waals surface area contributed by atoms with Crippen molar-refractivity contribution in [2.24, 2.45) is 11.8 Å². The standard InChI is InChI=1S/C37H33F2N/c1-24-7-6-10-29(19-24)32-22-33(37(39)36(23-32)40(3)35-18-11-25(2)20-34(35)38)28-15-12-27(13-16-28)31-17-14-26-8-4-5-9-30(26)21-31/h4-6,8-19,21-25H,7,20H2,1-3H3. The van der Waals surface area contributed by atoms with Gasteiger partial charge in [-0.2, -0.15) is 0 Å². The largest absolute Gasteiger partial charge is 0.340 e. The van der Waals surface area contributed by atoms with Gasteiger partial charge in [-0.05, 0) is 81.1 Å². The lowest BCUT2D eigenvalue weighted by Gasteiger charge is -2.27. The fourth-order valence-electron chi connectivity index (χ4n) is 5.70. The van der Waals surface area contributed by atoms with Crippen LogP contribution in [-0.2, 0) is 0 Å². The van der Waals surface area contributed by atoms with E-state index in [9.17, 15) is 0 Å². The highest BCUT2D eigenvalue weighted by Crippen LogP contribution is 2.39. The van der Waals surface area contributed by atoms with Gasteiger partial charge >= 0.3 is 0 Å². The summed E-state index contributed by atoms with van der Waals surface area (Å²) in [4.78, 5) is 1.65. The second-order valence-electron chi connectivity index (χ2n) is 11.1. The van der Waals surface area contributed by atoms with Crippen LogP contribution in [-0.4, -0.2) is 7.05 Å². The van der Waals surface area contributed by atoms with Crippen LogP contribution >= 0.6 is 0 Å². The van der Waals surface area contributed by atoms with E-state index in [1.807, 2.05) is 61.5 Å². The first kappa shape index (κ1) is 26.0. The molecule has 0 aliphatic heterocycles. The van der Waals surface area contributed by atoms with E-state index in [0.717, 1.165) is 34.2 Å². The number of halogens is 2. The Bertz CT molecular complexity index is 1700. The minimum atomic E-state index is -0.356. The number of benzene rings is 4. The molecule has 2 atom stereocenters. The maximum atomic E-state index is 16.3. The fraction of sp³-hybridized carbons (Fsp3) is 0.189. The monoisotopic (exact) mass is 529 g/mol. The van der Waals surface area contributed by atoms with Crippen molar-refractivity contribution < 1.29 is 8.78 Å². The van der Waals surface area contributed by atoms with Crippen LogP contribution in [0.5, 0.6) is 0 Å². The van der Waals surface area contributed by atoms with Crippen LogP contribution in [0.4, 0.5) is 14.5 Å². The van der Waals surface area contributed by atoms with Gasteiger partial charge in [0.25, 0.3) is 0 Å². The molecule has 4 aromatic carbocycles. The number of likely N-dealkylation sites (N-methyl/N-ethyl adjacent to an activating group) is 1. The van der Waals surface area contributed by atoms with E-state index in [2.05, 4.69) is 55.5 Å². The zero-order chi connectivity index (χ0) is 27.8. The molecule has 0 bridgehead atoms. The number of nitrogens with zero attached hydrogens (tertiary/aromatic N) is 1. The topological polar surface area (TPSA) is 3.24 Å². The Balaban J connectivity index is 1.43. The van der Waals surface area contributed by atoms with E-state index in [1.54, 1.807) is 18.0 Å². The summed E-state index contributed by atoms with van der Waals surface area (Å²) in [6, 6.07) is 26.6. The Morgan fingerprint density at radius 2 is 1.45 bits per heavy atom. The highest BCUT2D eigenvalue weighted by molar-refractivity contribution is 5.88. The molecule has 40 heavy (non-hydrogen) atoms. The average molecular weight is 530 g/mol. The smallest absolute Gasteiger partial charge is 0.154 e. The first-order valence-corrected chi connectivity index (χ1v) is 14.0. The third-order valence-electron chi connectivity index (χ3n) is 8.02. The summed E-state index contributed by atoms with van der Waals surface area (Å²) in [6.45, 7) is 4.16. The SMILES string of the molecule is CC1C=C(c2cc(-c3ccc(-c4ccc5ccccc5c4)cc3)c(F)c(N(C)C3=C(F)CC(C)C=C3)c2)C=CC1. The predicted octanol–water partition coefficient (Wildman–Crippen LogP) is 10.5. The lowest BCUT2D eigenvalue weighted by Crippen LogP contribution is -2.20. The Kier molecular flexibility index (Phi) is 6.98. The van der Waals surface area contributed by atoms with E-state index in [4.69, 9.17) is 0 Å². The van der Waals surface area contributed by atoms with E-state index < -0.39 is 0 Å². The number of hydrogen-bond donors (Lipinski definition) is 0. The number of anilines is 1. The Morgan fingerprint density at radius 3 is 2.20 bits per heavy atom. The maximum Gasteiger partial charge on any atom is 0.154 e. The van der Waals surface area contributed by atoms with E-state index in [1.165, 1.54) is 10.8 Å². The second kappa shape index (κ2) is 10.7. The highest BCUT2D eigenvalue weighted by Gasteiger charge is 2.23. The zero-order valence-corrected chi connectivity index (χ0v) is 23.2. The van der Waals surface area contributed by atoms with Crippen LogP contribution in [0.15, 0.2) is 121 Å². The Morgan fingerprint density at radius 1 is 0.725 bits per heavy atom. The maximum absolute atomic E-state index is 16.3. The first-order chi connectivity index (χ1) is 19.4. The molecule has 3 heteroatoms. The van der Waals surface area contributed by atoms with E-state index >= 15 is 8.78 Å². The summed E-state index contributed by atoms with van der Waals surface area (Å²) in [5, 5.41) is 2.39. The Labute approximate surface area is 235 Å². The molecule has 0 spiro atoms. The van der Waals surface area contributed by atoms with E-state index in [0.29, 0.717) is 29.3 Å². The highest BCUT2D eigenvalue weighted by atomic mass is 19.1. The molecule has 0 saturated heterocycles. The molecule has 2 unspecified atom stereocenters. The molecule has 0 N–H and O–H groups in total. The van der Waals surface area contributed by atoms with Gasteiger partial charge in [-0.3, -0.25) is 0 Å². The minimum absolute atomic E-state index is 0.129. The quantitative estimate of drug-likeness (QED) is 0.249. The zero-order valence-electron chi connectivity index (χ0n) is 23.2. The molecular formula is C37H33F2N. The molecule has 0 radical (unpaired) electrons. The molecule has 0 fully saturated rings. The van der Waals surface area contributed by atoms with Gasteiger partial charge in [-0.25, -0.2) is 8.78 Å². The van der Waals surface area contributed by atoms with Gasteiger partial charge in [0.15, 0.2) is 5.82 Å². The Hall–Kier alpha value is -4.24. The van der Waals surface area contributed by atoms with Gasteiger partial charge in [0.1, 0.15) is 5.83 Å². The van der Waals surface area contributed by atoms with Gasteiger partial charge in [0.05, 0.1) is 11.4 Å². The van der Waals surface area contributed by atoms with Crippen molar-refractivity contribution in [3.63, 3.8) is 0 Å². The van der Waals surface area contributed by atoms with Crippen molar-refractivity contribution in [3.05, 3.63) is 132 Å². The molecule has 6 rings (SSSR count). The lowest BCUT2D eigenvalue weighted by atomic mass is 9.90. The van der Waals surface area contributed by atoms with Crippen LogP contribution in [0.25, 0.3) is 38.6 Å². The van der Waals surface area contributed by atoms with Crippen LogP contribution in [0.3, 0.4) is 0 Å². The van der Waals surface area contributed by atoms with Crippen LogP contribution in [0.2, 0.25) is 0 Å². The number of rotatable bonds is 5. The summed E-state index contributed by atoms with van der Waals surface area (Å²) in [6.07, 6.45) is 11.6. The van der Waals surface area contributed by atoms with Gasteiger partial charge in [-0.1, -0.05) is 98.8 Å². The summed E-state index contributed by atoms with van der Waals surface area (Å²) >= 11 is 0. The average Bonchev–Trinajstić information content (AvgIpc) is 2.97. The molecule has 1 nitrogen and oxygen atoms in total. The number of hydrogen-bond acceptors (Lipinski definition) is 1. The molecule has 200 valence electrons. The minimum Gasteiger partial charge on any atom is -0.340 e. The summed E-state index contributed by atoms with van der Waals surface area (Å²) in [5.74, 6) is -0.0395. The van der Waals surface area contributed by atoms with Crippen molar-refractivity contribution in [3.8, 4) is 22.3 Å². The first-order valence-electron chi connectivity index (χ1n) is 14.0. The molecule has 2 aliphatic carbocycles. The molecular weight excluding hydrogens is 496 g/mol. The fourth-order valence-corrected chi connectivity index (χ4v) is 5.70. The molecule has 4 aromatic rings. The van der Waals surface area contributed by atoms with E-state index in [-0.39, 0.29) is 17.6 Å². The van der Waals surface area contributed by atoms with Crippen LogP contribution < -0.4 is 4.90 Å². The van der Waals surface area contributed by atoms with Crippen LogP contribution in [0.1, 0.15) is 32.3 Å². The molecule has 0 heterocycles. The lowest BCUT2D eigenvalue weighted by molar-refractivity contribution is 0.522. The normalized spacial score (nSPS) is 18.8. The number of allylic oxidation sites excluding steroid dienone is 7. The summed E-state index contributed by atoms with van der Waals surface area (Å²) in [7, 11) is 1.75. The second-order valence-corrected chi connectivity index (χ2v) is 11.1.